The Morgan fingerprint density at radius 2 is 1.97 bits per heavy atom. The van der Waals surface area contributed by atoms with Crippen molar-refractivity contribution in [3.8, 4) is 11.4 Å². The molecular weight excluding hydrogens is 444 g/mol. The van der Waals surface area contributed by atoms with Crippen molar-refractivity contribution in [1.82, 2.24) is 29.8 Å². The number of H-pyrrole nitrogens is 1. The topological polar surface area (TPSA) is 144 Å². The standard InChI is InChI=1S/C21H16N8O3S/c1-12-10-17(26-25-12)23-18(30)11-33-21-22-16-5-3-2-4-15(16)20-24-19(27-28(20)21)13-6-8-14(9-7-13)29(31)32/h2-10H,11H2,1H3,(H2,23,25,26,30). The van der Waals surface area contributed by atoms with E-state index >= 15 is 0 Å². The summed E-state index contributed by atoms with van der Waals surface area (Å²) in [5, 5.41) is 26.3. The Morgan fingerprint density at radius 3 is 2.70 bits per heavy atom. The third-order valence-electron chi connectivity index (χ3n) is 4.79. The van der Waals surface area contributed by atoms with Gasteiger partial charge in [-0.05, 0) is 31.2 Å². The number of non-ortho nitro benzene ring substituents is 1. The summed E-state index contributed by atoms with van der Waals surface area (Å²) in [6.45, 7) is 1.85. The zero-order chi connectivity index (χ0) is 22.9. The van der Waals surface area contributed by atoms with Crippen molar-refractivity contribution in [3.05, 3.63) is 70.4 Å². The SMILES string of the molecule is Cc1cc(NC(=O)CSc2nc3ccccc3c3nc(-c4ccc([N+](=O)[O-])cc4)nn23)n[nH]1. The van der Waals surface area contributed by atoms with E-state index in [9.17, 15) is 14.9 Å². The molecule has 164 valence electrons. The predicted molar refractivity (Wildman–Crippen MR) is 123 cm³/mol. The van der Waals surface area contributed by atoms with E-state index in [-0.39, 0.29) is 17.3 Å². The first-order valence-electron chi connectivity index (χ1n) is 9.83. The molecule has 33 heavy (non-hydrogen) atoms. The minimum atomic E-state index is -0.456. The van der Waals surface area contributed by atoms with E-state index in [4.69, 9.17) is 0 Å². The van der Waals surface area contributed by atoms with Gasteiger partial charge in [-0.1, -0.05) is 23.9 Å². The molecule has 5 rings (SSSR count). The highest BCUT2D eigenvalue weighted by molar-refractivity contribution is 7.99. The van der Waals surface area contributed by atoms with Gasteiger partial charge >= 0.3 is 0 Å². The Kier molecular flexibility index (Phi) is 5.18. The zero-order valence-corrected chi connectivity index (χ0v) is 18.0. The van der Waals surface area contributed by atoms with Crippen LogP contribution in [0.1, 0.15) is 5.69 Å². The van der Waals surface area contributed by atoms with Crippen LogP contribution in [0.25, 0.3) is 27.9 Å². The van der Waals surface area contributed by atoms with E-state index in [0.717, 1.165) is 16.6 Å². The normalized spacial score (nSPS) is 11.2. The number of aromatic nitrogens is 6. The maximum Gasteiger partial charge on any atom is 0.269 e. The molecule has 0 radical (unpaired) electrons. The molecule has 12 heteroatoms. The third kappa shape index (κ3) is 4.11. The summed E-state index contributed by atoms with van der Waals surface area (Å²) in [5.74, 6) is 0.724. The van der Waals surface area contributed by atoms with Gasteiger partial charge in [0.15, 0.2) is 22.4 Å². The van der Waals surface area contributed by atoms with Crippen molar-refractivity contribution in [1.29, 1.82) is 0 Å². The van der Waals surface area contributed by atoms with E-state index in [1.807, 2.05) is 31.2 Å². The molecule has 2 N–H and O–H groups in total. The summed E-state index contributed by atoms with van der Waals surface area (Å²) in [5.41, 5.74) is 2.77. The van der Waals surface area contributed by atoms with Crippen molar-refractivity contribution >= 4 is 45.7 Å². The van der Waals surface area contributed by atoms with Gasteiger partial charge in [0.25, 0.3) is 5.69 Å². The number of nitrogens with one attached hydrogen (secondary N) is 2. The van der Waals surface area contributed by atoms with Gasteiger partial charge in [-0.2, -0.15) is 9.61 Å². The minimum absolute atomic E-state index is 0.0102. The molecule has 11 nitrogen and oxygen atoms in total. The van der Waals surface area contributed by atoms with Crippen molar-refractivity contribution < 1.29 is 9.72 Å². The Morgan fingerprint density at radius 1 is 1.18 bits per heavy atom. The highest BCUT2D eigenvalue weighted by atomic mass is 32.2. The molecule has 1 amide bonds. The van der Waals surface area contributed by atoms with Crippen molar-refractivity contribution in [3.63, 3.8) is 0 Å². The molecule has 0 aliphatic carbocycles. The summed E-state index contributed by atoms with van der Waals surface area (Å²) >= 11 is 1.22. The van der Waals surface area contributed by atoms with Crippen LogP contribution in [0.5, 0.6) is 0 Å². The first kappa shape index (κ1) is 20.6. The van der Waals surface area contributed by atoms with E-state index in [1.165, 1.54) is 23.9 Å². The maximum atomic E-state index is 12.4. The lowest BCUT2D eigenvalue weighted by molar-refractivity contribution is -0.384. The molecule has 0 fully saturated rings. The number of thioether (sulfide) groups is 1. The van der Waals surface area contributed by atoms with E-state index < -0.39 is 4.92 Å². The molecule has 0 saturated heterocycles. The summed E-state index contributed by atoms with van der Waals surface area (Å²) in [4.78, 5) is 32.2. The molecule has 0 bridgehead atoms. The summed E-state index contributed by atoms with van der Waals surface area (Å²) < 4.78 is 1.59. The molecule has 0 atom stereocenters. The average molecular weight is 460 g/mol. The molecule has 5 aromatic rings. The molecular formula is C21H16N8O3S. The van der Waals surface area contributed by atoms with Crippen LogP contribution in [-0.4, -0.2) is 46.4 Å². The van der Waals surface area contributed by atoms with Crippen LogP contribution in [0.3, 0.4) is 0 Å². The molecule has 3 heterocycles. The highest BCUT2D eigenvalue weighted by Crippen LogP contribution is 2.27. The molecule has 0 saturated carbocycles. The van der Waals surface area contributed by atoms with Crippen LogP contribution < -0.4 is 5.32 Å². The summed E-state index contributed by atoms with van der Waals surface area (Å²) in [6.07, 6.45) is 0. The number of aromatic amines is 1. The lowest BCUT2D eigenvalue weighted by Crippen LogP contribution is -2.15. The quantitative estimate of drug-likeness (QED) is 0.169. The molecule has 0 unspecified atom stereocenters. The Hall–Kier alpha value is -4.32. The fourth-order valence-electron chi connectivity index (χ4n) is 3.27. The Balaban J connectivity index is 1.49. The fourth-order valence-corrected chi connectivity index (χ4v) is 4.01. The number of benzene rings is 2. The second kappa shape index (κ2) is 8.31. The smallest absolute Gasteiger partial charge is 0.269 e. The molecule has 3 aromatic heterocycles. The number of anilines is 1. The van der Waals surface area contributed by atoms with Gasteiger partial charge in [-0.25, -0.2) is 9.97 Å². The maximum absolute atomic E-state index is 12.4. The molecule has 2 aromatic carbocycles. The number of rotatable bonds is 6. The third-order valence-corrected chi connectivity index (χ3v) is 5.72. The minimum Gasteiger partial charge on any atom is -0.308 e. The number of nitrogens with zero attached hydrogens (tertiary/aromatic N) is 6. The van der Waals surface area contributed by atoms with Crippen LogP contribution >= 0.6 is 11.8 Å². The van der Waals surface area contributed by atoms with Crippen molar-refractivity contribution in [2.75, 3.05) is 11.1 Å². The van der Waals surface area contributed by atoms with Gasteiger partial charge in [0.2, 0.25) is 5.91 Å². The van der Waals surface area contributed by atoms with Gasteiger partial charge in [-0.3, -0.25) is 20.0 Å². The van der Waals surface area contributed by atoms with Gasteiger partial charge < -0.3 is 5.32 Å². The number of amides is 1. The Bertz CT molecular complexity index is 1510. The van der Waals surface area contributed by atoms with Crippen LogP contribution in [0, 0.1) is 17.0 Å². The molecule has 0 aliphatic heterocycles. The number of hydrogen-bond acceptors (Lipinski definition) is 8. The highest BCUT2D eigenvalue weighted by Gasteiger charge is 2.17. The van der Waals surface area contributed by atoms with Crippen LogP contribution in [-0.2, 0) is 4.79 Å². The number of fused-ring (bicyclic) bond motifs is 3. The zero-order valence-electron chi connectivity index (χ0n) is 17.2. The summed E-state index contributed by atoms with van der Waals surface area (Å²) in [6, 6.07) is 15.3. The van der Waals surface area contributed by atoms with E-state index in [0.29, 0.717) is 28.0 Å². The number of carbonyl (C=O) groups is 1. The number of carbonyl (C=O) groups excluding carboxylic acids is 1. The summed E-state index contributed by atoms with van der Waals surface area (Å²) in [7, 11) is 0. The lowest BCUT2D eigenvalue weighted by atomic mass is 10.2. The molecule has 0 spiro atoms. The van der Waals surface area contributed by atoms with Crippen LogP contribution in [0.15, 0.2) is 59.8 Å². The average Bonchev–Trinajstić information content (AvgIpc) is 3.44. The predicted octanol–water partition coefficient (Wildman–Crippen LogP) is 3.62. The number of aryl methyl sites for hydroxylation is 1. The number of para-hydroxylation sites is 1. The van der Waals surface area contributed by atoms with Gasteiger partial charge in [0, 0.05) is 34.8 Å². The van der Waals surface area contributed by atoms with Crippen LogP contribution in [0.2, 0.25) is 0 Å². The van der Waals surface area contributed by atoms with Gasteiger partial charge in [0.05, 0.1) is 16.2 Å². The second-order valence-corrected chi connectivity index (χ2v) is 8.10. The van der Waals surface area contributed by atoms with Crippen molar-refractivity contribution in [2.45, 2.75) is 12.1 Å². The number of hydrogen-bond donors (Lipinski definition) is 2. The van der Waals surface area contributed by atoms with Crippen LogP contribution in [0.4, 0.5) is 11.5 Å². The molecule has 0 aliphatic rings. The first-order chi connectivity index (χ1) is 16.0. The van der Waals surface area contributed by atoms with E-state index in [2.05, 4.69) is 30.6 Å². The second-order valence-electron chi connectivity index (χ2n) is 7.16. The largest absolute Gasteiger partial charge is 0.308 e. The van der Waals surface area contributed by atoms with Gasteiger partial charge in [0.1, 0.15) is 0 Å². The fraction of sp³-hybridized carbons (Fsp3) is 0.0952. The number of nitro groups is 1. The number of nitro benzene ring substituents is 1. The first-order valence-corrected chi connectivity index (χ1v) is 10.8. The van der Waals surface area contributed by atoms with E-state index in [1.54, 1.807) is 22.7 Å². The monoisotopic (exact) mass is 460 g/mol. The Labute approximate surface area is 190 Å². The van der Waals surface area contributed by atoms with Gasteiger partial charge in [-0.15, -0.1) is 5.10 Å². The lowest BCUT2D eigenvalue weighted by Gasteiger charge is -2.06. The van der Waals surface area contributed by atoms with Crippen molar-refractivity contribution in [2.24, 2.45) is 0 Å².